The van der Waals surface area contributed by atoms with Gasteiger partial charge in [0.2, 0.25) is 5.91 Å². The monoisotopic (exact) mass is 394 g/mol. The van der Waals surface area contributed by atoms with E-state index < -0.39 is 24.8 Å². The number of anilines is 2. The highest BCUT2D eigenvalue weighted by Gasteiger charge is 2.32. The number of rotatable bonds is 4. The van der Waals surface area contributed by atoms with Crippen LogP contribution in [-0.4, -0.2) is 37.2 Å². The maximum Gasteiger partial charge on any atom is 0.422 e. The van der Waals surface area contributed by atoms with Gasteiger partial charge in [0.25, 0.3) is 5.91 Å². The van der Waals surface area contributed by atoms with Crippen LogP contribution >= 0.6 is 0 Å². The molecule has 0 unspecified atom stereocenters. The van der Waals surface area contributed by atoms with Gasteiger partial charge in [0.15, 0.2) is 12.7 Å². The fourth-order valence-electron chi connectivity index (χ4n) is 2.69. The van der Waals surface area contributed by atoms with Crippen LogP contribution in [0.25, 0.3) is 0 Å². The number of halogens is 3. The van der Waals surface area contributed by atoms with Crippen LogP contribution in [0.2, 0.25) is 0 Å². The summed E-state index contributed by atoms with van der Waals surface area (Å²) in [6.07, 6.45) is -5.36. The normalized spacial score (nSPS) is 16.0. The lowest BCUT2D eigenvalue weighted by Gasteiger charge is -2.33. The summed E-state index contributed by atoms with van der Waals surface area (Å²) in [6.45, 7) is 0.0522. The minimum atomic E-state index is -4.43. The van der Waals surface area contributed by atoms with Crippen molar-refractivity contribution in [3.8, 4) is 11.5 Å². The first-order valence-electron chi connectivity index (χ1n) is 8.37. The second-order valence-corrected chi connectivity index (χ2v) is 6.12. The van der Waals surface area contributed by atoms with Crippen molar-refractivity contribution in [3.05, 3.63) is 48.5 Å². The van der Waals surface area contributed by atoms with Crippen molar-refractivity contribution in [3.63, 3.8) is 0 Å². The Balaban J connectivity index is 1.66. The third kappa shape index (κ3) is 4.73. The minimum Gasteiger partial charge on any atom is -0.484 e. The van der Waals surface area contributed by atoms with Crippen molar-refractivity contribution in [1.82, 2.24) is 0 Å². The molecule has 1 N–H and O–H groups in total. The van der Waals surface area contributed by atoms with E-state index in [1.54, 1.807) is 24.3 Å². The first-order valence-corrected chi connectivity index (χ1v) is 8.37. The lowest BCUT2D eigenvalue weighted by atomic mass is 10.1. The fourth-order valence-corrected chi connectivity index (χ4v) is 2.69. The van der Waals surface area contributed by atoms with Crippen LogP contribution in [0.3, 0.4) is 0 Å². The molecule has 0 spiro atoms. The molecule has 0 saturated carbocycles. The summed E-state index contributed by atoms with van der Waals surface area (Å²) >= 11 is 0. The molecule has 0 saturated heterocycles. The summed E-state index contributed by atoms with van der Waals surface area (Å²) in [5, 5.41) is 2.62. The Hall–Kier alpha value is -3.23. The van der Waals surface area contributed by atoms with Crippen molar-refractivity contribution in [1.29, 1.82) is 0 Å². The van der Waals surface area contributed by atoms with Gasteiger partial charge in [0.1, 0.15) is 11.5 Å². The predicted molar refractivity (Wildman–Crippen MR) is 95.5 cm³/mol. The number of hydrogen-bond donors (Lipinski definition) is 1. The Kier molecular flexibility index (Phi) is 5.43. The second-order valence-electron chi connectivity index (χ2n) is 6.12. The van der Waals surface area contributed by atoms with E-state index in [2.05, 4.69) is 10.1 Å². The molecule has 1 aliphatic rings. The first-order chi connectivity index (χ1) is 13.2. The van der Waals surface area contributed by atoms with Crippen LogP contribution in [-0.2, 0) is 9.59 Å². The van der Waals surface area contributed by atoms with Crippen molar-refractivity contribution in [2.45, 2.75) is 19.2 Å². The molecule has 1 atom stereocenters. The fraction of sp³-hybridized carbons (Fsp3) is 0.263. The summed E-state index contributed by atoms with van der Waals surface area (Å²) < 4.78 is 46.8. The van der Waals surface area contributed by atoms with Gasteiger partial charge in [-0.3, -0.25) is 9.59 Å². The quantitative estimate of drug-likeness (QED) is 0.863. The number of alkyl halides is 3. The van der Waals surface area contributed by atoms with Crippen molar-refractivity contribution in [2.24, 2.45) is 0 Å². The molecule has 6 nitrogen and oxygen atoms in total. The average molecular weight is 394 g/mol. The third-order valence-electron chi connectivity index (χ3n) is 3.97. The molecule has 2 amide bonds. The molecule has 3 rings (SSSR count). The highest BCUT2D eigenvalue weighted by Crippen LogP contribution is 2.33. The number of para-hydroxylation sites is 2. The number of ether oxygens (including phenoxy) is 2. The van der Waals surface area contributed by atoms with E-state index in [0.29, 0.717) is 17.1 Å². The van der Waals surface area contributed by atoms with E-state index in [4.69, 9.17) is 4.74 Å². The molecule has 1 heterocycles. The van der Waals surface area contributed by atoms with Gasteiger partial charge < -0.3 is 19.7 Å². The summed E-state index contributed by atoms with van der Waals surface area (Å²) in [6, 6.07) is 12.4. The molecular weight excluding hydrogens is 377 g/mol. The molecule has 2 aromatic rings. The first kappa shape index (κ1) is 19.5. The predicted octanol–water partition coefficient (Wildman–Crippen LogP) is 3.38. The van der Waals surface area contributed by atoms with E-state index in [1.807, 2.05) is 0 Å². The van der Waals surface area contributed by atoms with Crippen LogP contribution in [0.4, 0.5) is 24.5 Å². The van der Waals surface area contributed by atoms with Crippen molar-refractivity contribution >= 4 is 23.2 Å². The zero-order chi connectivity index (χ0) is 20.3. The van der Waals surface area contributed by atoms with Gasteiger partial charge in [-0.1, -0.05) is 12.1 Å². The van der Waals surface area contributed by atoms with E-state index in [0.717, 1.165) is 0 Å². The molecule has 2 aromatic carbocycles. The van der Waals surface area contributed by atoms with E-state index in [9.17, 15) is 22.8 Å². The Labute approximate surface area is 158 Å². The number of carbonyl (C=O) groups excluding carboxylic acids is 2. The number of fused-ring (bicyclic) bond motifs is 1. The Morgan fingerprint density at radius 2 is 1.86 bits per heavy atom. The largest absolute Gasteiger partial charge is 0.484 e. The lowest BCUT2D eigenvalue weighted by Crippen LogP contribution is -2.48. The standard InChI is InChI=1S/C19H17F3N2O4/c1-12(25)24-10-17(28-16-5-3-2-4-15(16)24)18(26)23-13-6-8-14(9-7-13)27-11-19(20,21)22/h2-9,17H,10-11H2,1H3,(H,23,26)/t17-/m0/s1. The van der Waals surface area contributed by atoms with Gasteiger partial charge in [-0.25, -0.2) is 0 Å². The number of nitrogens with one attached hydrogen (secondary N) is 1. The molecule has 148 valence electrons. The zero-order valence-corrected chi connectivity index (χ0v) is 14.8. The van der Waals surface area contributed by atoms with Crippen LogP contribution in [0, 0.1) is 0 Å². The number of hydrogen-bond acceptors (Lipinski definition) is 4. The van der Waals surface area contributed by atoms with E-state index in [1.165, 1.54) is 36.1 Å². The Morgan fingerprint density at radius 3 is 2.50 bits per heavy atom. The Morgan fingerprint density at radius 1 is 1.18 bits per heavy atom. The molecular formula is C19H17F3N2O4. The van der Waals surface area contributed by atoms with Gasteiger partial charge in [0, 0.05) is 12.6 Å². The third-order valence-corrected chi connectivity index (χ3v) is 3.97. The maximum absolute atomic E-state index is 12.5. The minimum absolute atomic E-state index is 0.0286. The zero-order valence-electron chi connectivity index (χ0n) is 14.8. The Bertz CT molecular complexity index is 868. The SMILES string of the molecule is CC(=O)N1C[C@@H](C(=O)Nc2ccc(OCC(F)(F)F)cc2)Oc2ccccc21. The topological polar surface area (TPSA) is 67.9 Å². The summed E-state index contributed by atoms with van der Waals surface area (Å²) in [4.78, 5) is 25.9. The molecule has 0 radical (unpaired) electrons. The van der Waals surface area contributed by atoms with Crippen molar-refractivity contribution < 1.29 is 32.2 Å². The van der Waals surface area contributed by atoms with Gasteiger partial charge in [-0.05, 0) is 36.4 Å². The molecule has 28 heavy (non-hydrogen) atoms. The highest BCUT2D eigenvalue weighted by molar-refractivity contribution is 5.99. The van der Waals surface area contributed by atoms with Crippen LogP contribution in [0.15, 0.2) is 48.5 Å². The smallest absolute Gasteiger partial charge is 0.422 e. The molecule has 0 aliphatic carbocycles. The molecule has 9 heteroatoms. The number of amides is 2. The average Bonchev–Trinajstić information content (AvgIpc) is 2.65. The number of carbonyl (C=O) groups is 2. The van der Waals surface area contributed by atoms with Gasteiger partial charge in [-0.2, -0.15) is 13.2 Å². The molecule has 0 bridgehead atoms. The van der Waals surface area contributed by atoms with Gasteiger partial charge in [0.05, 0.1) is 12.2 Å². The van der Waals surface area contributed by atoms with Crippen molar-refractivity contribution in [2.75, 3.05) is 23.4 Å². The van der Waals surface area contributed by atoms with Crippen LogP contribution < -0.4 is 19.7 Å². The molecule has 0 aromatic heterocycles. The summed E-state index contributed by atoms with van der Waals surface area (Å²) in [7, 11) is 0. The highest BCUT2D eigenvalue weighted by atomic mass is 19.4. The summed E-state index contributed by atoms with van der Waals surface area (Å²) in [5.41, 5.74) is 0.950. The number of nitrogens with zero attached hydrogens (tertiary/aromatic N) is 1. The summed E-state index contributed by atoms with van der Waals surface area (Å²) in [5.74, 6) is -0.259. The van der Waals surface area contributed by atoms with Gasteiger partial charge >= 0.3 is 6.18 Å². The molecule has 1 aliphatic heterocycles. The lowest BCUT2D eigenvalue weighted by molar-refractivity contribution is -0.153. The van der Waals surface area contributed by atoms with Crippen LogP contribution in [0.1, 0.15) is 6.92 Å². The van der Waals surface area contributed by atoms with Gasteiger partial charge in [-0.15, -0.1) is 0 Å². The maximum atomic E-state index is 12.5. The van der Waals surface area contributed by atoms with Crippen LogP contribution in [0.5, 0.6) is 11.5 Å². The van der Waals surface area contributed by atoms with E-state index in [-0.39, 0.29) is 18.2 Å². The molecule has 0 fully saturated rings. The van der Waals surface area contributed by atoms with E-state index >= 15 is 0 Å². The number of benzene rings is 2. The second kappa shape index (κ2) is 7.79.